The molecule has 8 heteroatoms. The van der Waals surface area contributed by atoms with Gasteiger partial charge in [-0.15, -0.1) is 0 Å². The van der Waals surface area contributed by atoms with Crippen LogP contribution in [0.25, 0.3) is 11.1 Å². The van der Waals surface area contributed by atoms with E-state index in [9.17, 15) is 9.18 Å². The first kappa shape index (κ1) is 20.8. The summed E-state index contributed by atoms with van der Waals surface area (Å²) in [7, 11) is 4.19. The van der Waals surface area contributed by atoms with E-state index < -0.39 is 6.04 Å². The van der Waals surface area contributed by atoms with Crippen molar-refractivity contribution >= 4 is 23.1 Å². The fourth-order valence-electron chi connectivity index (χ4n) is 4.97. The maximum atomic E-state index is 14.9. The molecule has 0 radical (unpaired) electrons. The molecule has 0 aliphatic carbocycles. The lowest BCUT2D eigenvalue weighted by molar-refractivity contribution is -0.122. The maximum absolute atomic E-state index is 14.9. The molecule has 1 fully saturated rings. The number of nitrogens with one attached hydrogen (secondary N) is 1. The zero-order valence-electron chi connectivity index (χ0n) is 18.9. The van der Waals surface area contributed by atoms with Gasteiger partial charge in [-0.2, -0.15) is 5.10 Å². The van der Waals surface area contributed by atoms with Crippen molar-refractivity contribution in [3.63, 3.8) is 0 Å². The van der Waals surface area contributed by atoms with E-state index in [0.717, 1.165) is 36.4 Å². The SMILES string of the molecule is CC1C(=O)NN=C2COc3cc(-c4ccccc4F)c(N(C)[C@]4(C)CCN(C)C4)cc3N21. The van der Waals surface area contributed by atoms with Crippen LogP contribution in [0.2, 0.25) is 0 Å². The Labute approximate surface area is 187 Å². The second-order valence-electron chi connectivity index (χ2n) is 9.20. The lowest BCUT2D eigenvalue weighted by atomic mass is 9.94. The maximum Gasteiger partial charge on any atom is 0.262 e. The largest absolute Gasteiger partial charge is 0.483 e. The highest BCUT2D eigenvalue weighted by Gasteiger charge is 2.40. The number of hydrazone groups is 1. The number of rotatable bonds is 3. The summed E-state index contributed by atoms with van der Waals surface area (Å²) >= 11 is 0. The summed E-state index contributed by atoms with van der Waals surface area (Å²) in [5.41, 5.74) is 5.42. The number of fused-ring (bicyclic) bond motifs is 3. The number of ether oxygens (including phenoxy) is 1. The number of amides is 1. The van der Waals surface area contributed by atoms with Crippen molar-refractivity contribution < 1.29 is 13.9 Å². The average Bonchev–Trinajstić information content (AvgIpc) is 3.14. The second kappa shape index (κ2) is 7.48. The molecule has 3 heterocycles. The van der Waals surface area contributed by atoms with Gasteiger partial charge in [0.2, 0.25) is 0 Å². The molecule has 0 saturated carbocycles. The van der Waals surface area contributed by atoms with E-state index in [4.69, 9.17) is 4.74 Å². The van der Waals surface area contributed by atoms with Crippen LogP contribution in [-0.2, 0) is 4.79 Å². The Morgan fingerprint density at radius 3 is 2.78 bits per heavy atom. The lowest BCUT2D eigenvalue weighted by Crippen LogP contribution is -2.55. The van der Waals surface area contributed by atoms with E-state index in [1.165, 1.54) is 6.07 Å². The number of amidine groups is 1. The van der Waals surface area contributed by atoms with E-state index in [1.54, 1.807) is 12.1 Å². The van der Waals surface area contributed by atoms with E-state index in [1.807, 2.05) is 30.0 Å². The van der Waals surface area contributed by atoms with Gasteiger partial charge in [0.25, 0.3) is 5.91 Å². The zero-order valence-corrected chi connectivity index (χ0v) is 18.9. The van der Waals surface area contributed by atoms with E-state index in [2.05, 4.69) is 41.3 Å². The number of likely N-dealkylation sites (tertiary alicyclic amines) is 1. The van der Waals surface area contributed by atoms with Gasteiger partial charge < -0.3 is 19.4 Å². The topological polar surface area (TPSA) is 60.4 Å². The third-order valence-electron chi connectivity index (χ3n) is 7.01. The van der Waals surface area contributed by atoms with E-state index in [-0.39, 0.29) is 23.9 Å². The molecular weight excluding hydrogens is 409 g/mol. The number of carbonyl (C=O) groups excluding carboxylic acids is 1. The molecule has 1 N–H and O–H groups in total. The second-order valence-corrected chi connectivity index (χ2v) is 9.20. The Balaban J connectivity index is 1.70. The number of carbonyl (C=O) groups is 1. The third-order valence-corrected chi connectivity index (χ3v) is 7.01. The molecule has 1 unspecified atom stereocenters. The van der Waals surface area contributed by atoms with Crippen molar-refractivity contribution in [1.29, 1.82) is 0 Å². The minimum absolute atomic E-state index is 0.111. The van der Waals surface area contributed by atoms with Crippen molar-refractivity contribution in [2.75, 3.05) is 43.6 Å². The van der Waals surface area contributed by atoms with Gasteiger partial charge in [0.1, 0.15) is 24.2 Å². The van der Waals surface area contributed by atoms with Crippen molar-refractivity contribution in [1.82, 2.24) is 10.3 Å². The number of benzene rings is 2. The average molecular weight is 438 g/mol. The van der Waals surface area contributed by atoms with Crippen LogP contribution >= 0.6 is 0 Å². The molecule has 0 bridgehead atoms. The number of halogens is 1. The summed E-state index contributed by atoms with van der Waals surface area (Å²) in [6.45, 7) is 6.24. The van der Waals surface area contributed by atoms with Crippen molar-refractivity contribution in [3.8, 4) is 16.9 Å². The van der Waals surface area contributed by atoms with Gasteiger partial charge in [-0.05, 0) is 45.5 Å². The first-order valence-corrected chi connectivity index (χ1v) is 10.9. The molecule has 5 rings (SSSR count). The molecule has 2 aromatic carbocycles. The minimum atomic E-state index is -0.421. The van der Waals surface area contributed by atoms with Gasteiger partial charge in [0.15, 0.2) is 5.84 Å². The number of likely N-dealkylation sites (N-methyl/N-ethyl adjacent to an activating group) is 2. The Morgan fingerprint density at radius 1 is 1.28 bits per heavy atom. The predicted molar refractivity (Wildman–Crippen MR) is 124 cm³/mol. The highest BCUT2D eigenvalue weighted by Crippen LogP contribution is 2.46. The summed E-state index contributed by atoms with van der Waals surface area (Å²) in [5.74, 6) is 0.830. The smallest absolute Gasteiger partial charge is 0.262 e. The van der Waals surface area contributed by atoms with Crippen LogP contribution in [0, 0.1) is 5.82 Å². The Hall–Kier alpha value is -3.13. The first-order chi connectivity index (χ1) is 15.3. The Bertz CT molecular complexity index is 1120. The quantitative estimate of drug-likeness (QED) is 0.800. The normalized spacial score (nSPS) is 24.9. The fraction of sp³-hybridized carbons (Fsp3) is 0.417. The van der Waals surface area contributed by atoms with Crippen LogP contribution in [0.15, 0.2) is 41.5 Å². The molecule has 1 saturated heterocycles. The van der Waals surface area contributed by atoms with Crippen molar-refractivity contribution in [3.05, 3.63) is 42.2 Å². The molecule has 0 aromatic heterocycles. The third kappa shape index (κ3) is 3.21. The number of hydrogen-bond acceptors (Lipinski definition) is 6. The molecule has 3 aliphatic heterocycles. The monoisotopic (exact) mass is 437 g/mol. The van der Waals surface area contributed by atoms with Gasteiger partial charge in [-0.1, -0.05) is 18.2 Å². The van der Waals surface area contributed by atoms with Crippen LogP contribution in [0.4, 0.5) is 15.8 Å². The summed E-state index contributed by atoms with van der Waals surface area (Å²) in [5, 5.41) is 4.19. The van der Waals surface area contributed by atoms with Crippen molar-refractivity contribution in [2.24, 2.45) is 5.10 Å². The van der Waals surface area contributed by atoms with Crippen LogP contribution in [-0.4, -0.2) is 62.0 Å². The van der Waals surface area contributed by atoms with Crippen LogP contribution in [0.3, 0.4) is 0 Å². The van der Waals surface area contributed by atoms with Crippen LogP contribution in [0.5, 0.6) is 5.75 Å². The lowest BCUT2D eigenvalue weighted by Gasteiger charge is -2.42. The molecule has 32 heavy (non-hydrogen) atoms. The van der Waals surface area contributed by atoms with Crippen LogP contribution < -0.4 is 20.0 Å². The van der Waals surface area contributed by atoms with Crippen LogP contribution in [0.1, 0.15) is 20.3 Å². The van der Waals surface area contributed by atoms with Gasteiger partial charge in [-0.3, -0.25) is 4.79 Å². The summed E-state index contributed by atoms with van der Waals surface area (Å²) in [4.78, 5) is 18.8. The van der Waals surface area contributed by atoms with Gasteiger partial charge in [0.05, 0.1) is 11.2 Å². The first-order valence-electron chi connectivity index (χ1n) is 10.9. The zero-order chi connectivity index (χ0) is 22.6. The minimum Gasteiger partial charge on any atom is -0.483 e. The summed E-state index contributed by atoms with van der Waals surface area (Å²) < 4.78 is 20.9. The molecule has 168 valence electrons. The van der Waals surface area contributed by atoms with Gasteiger partial charge >= 0.3 is 0 Å². The molecular formula is C24H28FN5O2. The predicted octanol–water partition coefficient (Wildman–Crippen LogP) is 3.05. The molecule has 0 spiro atoms. The molecule has 7 nitrogen and oxygen atoms in total. The number of hydrogen-bond donors (Lipinski definition) is 1. The number of anilines is 2. The highest BCUT2D eigenvalue weighted by atomic mass is 19.1. The van der Waals surface area contributed by atoms with E-state index in [0.29, 0.717) is 17.1 Å². The van der Waals surface area contributed by atoms with Gasteiger partial charge in [-0.25, -0.2) is 9.82 Å². The standard InChI is InChI=1S/C24H28FN5O2/c1-15-23(31)27-26-22-13-32-21-11-17(16-7-5-6-8-18(16)25)19(12-20(21)30(15)22)29(4)24(2)9-10-28(3)14-24/h5-8,11-12,15H,9-10,13-14H2,1-4H3,(H,27,31)/t15?,24-/m1/s1. The summed E-state index contributed by atoms with van der Waals surface area (Å²) in [6, 6.07) is 10.3. The van der Waals surface area contributed by atoms with E-state index >= 15 is 0 Å². The molecule has 3 aliphatic rings. The molecule has 1 amide bonds. The molecule has 2 atom stereocenters. The highest BCUT2D eigenvalue weighted by molar-refractivity contribution is 6.10. The van der Waals surface area contributed by atoms with Crippen molar-refractivity contribution in [2.45, 2.75) is 31.8 Å². The van der Waals surface area contributed by atoms with Gasteiger partial charge in [0, 0.05) is 37.0 Å². The fourth-order valence-corrected chi connectivity index (χ4v) is 4.97. The summed E-state index contributed by atoms with van der Waals surface area (Å²) in [6.07, 6.45) is 1.000. The Kier molecular flexibility index (Phi) is 4.85. The Morgan fingerprint density at radius 2 is 2.06 bits per heavy atom. The number of nitrogens with zero attached hydrogens (tertiary/aromatic N) is 4. The molecule has 2 aromatic rings.